The van der Waals surface area contributed by atoms with Crippen LogP contribution in [0.3, 0.4) is 0 Å². The first kappa shape index (κ1) is 19.4. The highest BCUT2D eigenvalue weighted by Crippen LogP contribution is 2.27. The Morgan fingerprint density at radius 2 is 2.00 bits per heavy atom. The molecule has 1 amide bonds. The van der Waals surface area contributed by atoms with Crippen molar-refractivity contribution in [2.45, 2.75) is 20.0 Å². The van der Waals surface area contributed by atoms with Gasteiger partial charge in [0, 0.05) is 15.4 Å². The van der Waals surface area contributed by atoms with Crippen LogP contribution in [-0.2, 0) is 4.79 Å². The first-order valence-electron chi connectivity index (χ1n) is 8.47. The Morgan fingerprint density at radius 1 is 1.22 bits per heavy atom. The first-order valence-corrected chi connectivity index (χ1v) is 10.1. The summed E-state index contributed by atoms with van der Waals surface area (Å²) in [5, 5.41) is 5.25. The fourth-order valence-corrected chi connectivity index (χ4v) is 3.46. The largest absolute Gasteiger partial charge is 0.494 e. The molecule has 1 unspecified atom stereocenters. The molecule has 0 radical (unpaired) electrons. The number of carbonyl (C=O) groups excluding carboxylic acids is 1. The number of nitrogens with zero attached hydrogens (tertiary/aromatic N) is 1. The van der Waals surface area contributed by atoms with Crippen molar-refractivity contribution in [1.29, 1.82) is 0 Å². The van der Waals surface area contributed by atoms with Crippen LogP contribution >= 0.6 is 27.3 Å². The average Bonchev–Trinajstić information content (AvgIpc) is 3.11. The maximum Gasteiger partial charge on any atom is 0.266 e. The van der Waals surface area contributed by atoms with Crippen LogP contribution in [-0.4, -0.2) is 23.6 Å². The monoisotopic (exact) mass is 446 g/mol. The minimum Gasteiger partial charge on any atom is -0.494 e. The predicted octanol–water partition coefficient (Wildman–Crippen LogP) is 5.38. The van der Waals surface area contributed by atoms with E-state index in [-0.39, 0.29) is 5.91 Å². The summed E-state index contributed by atoms with van der Waals surface area (Å²) in [6.45, 7) is 4.29. The van der Waals surface area contributed by atoms with Crippen LogP contribution in [0.4, 0.5) is 5.13 Å². The van der Waals surface area contributed by atoms with E-state index in [1.165, 1.54) is 11.3 Å². The Kier molecular flexibility index (Phi) is 6.47. The molecular weight excluding hydrogens is 428 g/mol. The lowest BCUT2D eigenvalue weighted by Gasteiger charge is -2.13. The minimum atomic E-state index is -0.642. The van der Waals surface area contributed by atoms with Crippen molar-refractivity contribution < 1.29 is 14.3 Å². The van der Waals surface area contributed by atoms with Crippen LogP contribution in [0.5, 0.6) is 11.5 Å². The number of carbonyl (C=O) groups is 1. The normalized spacial score (nSPS) is 11.7. The fourth-order valence-electron chi connectivity index (χ4n) is 2.36. The number of thiazole rings is 1. The second-order valence-electron chi connectivity index (χ2n) is 5.70. The molecule has 3 rings (SSSR count). The van der Waals surface area contributed by atoms with Crippen molar-refractivity contribution in [1.82, 2.24) is 4.98 Å². The van der Waals surface area contributed by atoms with Gasteiger partial charge in [0.15, 0.2) is 11.2 Å². The molecular formula is C20H19BrN2O3S. The van der Waals surface area contributed by atoms with E-state index in [4.69, 9.17) is 9.47 Å². The van der Waals surface area contributed by atoms with E-state index in [9.17, 15) is 4.79 Å². The first-order chi connectivity index (χ1) is 13.0. The Hall–Kier alpha value is -2.38. The number of anilines is 1. The van der Waals surface area contributed by atoms with Gasteiger partial charge in [-0.05, 0) is 56.3 Å². The SMILES string of the molecule is CCOc1ccc(-c2csc(NC(=O)C(C)Oc3cccc(Br)c3)n2)cc1. The summed E-state index contributed by atoms with van der Waals surface area (Å²) < 4.78 is 12.0. The Bertz CT molecular complexity index is 912. The molecule has 0 aliphatic carbocycles. The van der Waals surface area contributed by atoms with Crippen molar-refractivity contribution in [2.24, 2.45) is 0 Å². The van der Waals surface area contributed by atoms with Crippen molar-refractivity contribution in [3.8, 4) is 22.8 Å². The molecule has 1 N–H and O–H groups in total. The molecule has 1 aromatic heterocycles. The van der Waals surface area contributed by atoms with Gasteiger partial charge < -0.3 is 9.47 Å². The predicted molar refractivity (Wildman–Crippen MR) is 112 cm³/mol. The Morgan fingerprint density at radius 3 is 2.70 bits per heavy atom. The second-order valence-corrected chi connectivity index (χ2v) is 7.48. The van der Waals surface area contributed by atoms with Crippen LogP contribution in [0, 0.1) is 0 Å². The molecule has 0 saturated carbocycles. The zero-order valence-electron chi connectivity index (χ0n) is 14.9. The lowest BCUT2D eigenvalue weighted by molar-refractivity contribution is -0.122. The molecule has 140 valence electrons. The molecule has 7 heteroatoms. The summed E-state index contributed by atoms with van der Waals surface area (Å²) in [6, 6.07) is 15.1. The quantitative estimate of drug-likeness (QED) is 0.529. The number of ether oxygens (including phenoxy) is 2. The van der Waals surface area contributed by atoms with E-state index in [0.717, 1.165) is 21.5 Å². The van der Waals surface area contributed by atoms with Crippen molar-refractivity contribution in [3.63, 3.8) is 0 Å². The van der Waals surface area contributed by atoms with Crippen LogP contribution in [0.1, 0.15) is 13.8 Å². The van der Waals surface area contributed by atoms with Gasteiger partial charge in [-0.1, -0.05) is 22.0 Å². The highest BCUT2D eigenvalue weighted by molar-refractivity contribution is 9.10. The van der Waals surface area contributed by atoms with E-state index in [1.807, 2.05) is 60.8 Å². The number of aromatic nitrogens is 1. The summed E-state index contributed by atoms with van der Waals surface area (Å²) in [4.78, 5) is 16.8. The van der Waals surface area contributed by atoms with Crippen molar-refractivity contribution in [2.75, 3.05) is 11.9 Å². The number of hydrogen-bond acceptors (Lipinski definition) is 5. The van der Waals surface area contributed by atoms with Crippen molar-refractivity contribution in [3.05, 3.63) is 58.4 Å². The molecule has 27 heavy (non-hydrogen) atoms. The molecule has 0 aliphatic heterocycles. The zero-order chi connectivity index (χ0) is 19.2. The smallest absolute Gasteiger partial charge is 0.266 e. The van der Waals surface area contributed by atoms with Gasteiger partial charge in [0.05, 0.1) is 12.3 Å². The minimum absolute atomic E-state index is 0.248. The summed E-state index contributed by atoms with van der Waals surface area (Å²) in [6.07, 6.45) is -0.642. The molecule has 1 atom stereocenters. The van der Waals surface area contributed by atoms with E-state index in [2.05, 4.69) is 26.2 Å². The molecule has 3 aromatic rings. The second kappa shape index (κ2) is 9.01. The van der Waals surface area contributed by atoms with E-state index in [0.29, 0.717) is 17.5 Å². The zero-order valence-corrected chi connectivity index (χ0v) is 17.3. The molecule has 0 aliphatic rings. The maximum absolute atomic E-state index is 12.4. The number of hydrogen-bond donors (Lipinski definition) is 1. The van der Waals surface area contributed by atoms with Crippen LogP contribution < -0.4 is 14.8 Å². The summed E-state index contributed by atoms with van der Waals surface area (Å²) in [7, 11) is 0. The molecule has 0 spiro atoms. The van der Waals surface area contributed by atoms with Gasteiger partial charge in [0.1, 0.15) is 11.5 Å². The molecule has 5 nitrogen and oxygen atoms in total. The third-order valence-corrected chi connectivity index (χ3v) is 4.92. The molecule has 0 saturated heterocycles. The van der Waals surface area contributed by atoms with Gasteiger partial charge in [-0.3, -0.25) is 10.1 Å². The number of rotatable bonds is 7. The third kappa shape index (κ3) is 5.30. The van der Waals surface area contributed by atoms with E-state index in [1.54, 1.807) is 6.92 Å². The van der Waals surface area contributed by atoms with Gasteiger partial charge in [0.2, 0.25) is 0 Å². The highest BCUT2D eigenvalue weighted by Gasteiger charge is 2.17. The van der Waals surface area contributed by atoms with Crippen LogP contribution in [0.15, 0.2) is 58.4 Å². The van der Waals surface area contributed by atoms with Gasteiger partial charge in [0.25, 0.3) is 5.91 Å². The van der Waals surface area contributed by atoms with Gasteiger partial charge >= 0.3 is 0 Å². The number of benzene rings is 2. The lowest BCUT2D eigenvalue weighted by Crippen LogP contribution is -2.30. The standard InChI is InChI=1S/C20H19BrN2O3S/c1-3-25-16-9-7-14(8-10-16)18-12-27-20(22-18)23-19(24)13(2)26-17-6-4-5-15(21)11-17/h4-13H,3H2,1-2H3,(H,22,23,24). The summed E-state index contributed by atoms with van der Waals surface area (Å²) in [5.74, 6) is 1.20. The molecule has 0 bridgehead atoms. The lowest BCUT2D eigenvalue weighted by atomic mass is 10.2. The number of amides is 1. The molecule has 1 heterocycles. The fraction of sp³-hybridized carbons (Fsp3) is 0.200. The topological polar surface area (TPSA) is 60.5 Å². The maximum atomic E-state index is 12.4. The highest BCUT2D eigenvalue weighted by atomic mass is 79.9. The van der Waals surface area contributed by atoms with Gasteiger partial charge in [-0.25, -0.2) is 4.98 Å². The average molecular weight is 447 g/mol. The summed E-state index contributed by atoms with van der Waals surface area (Å²) in [5.41, 5.74) is 1.77. The molecule has 0 fully saturated rings. The Balaban J connectivity index is 1.61. The molecule has 2 aromatic carbocycles. The summed E-state index contributed by atoms with van der Waals surface area (Å²) >= 11 is 4.76. The number of nitrogens with one attached hydrogen (secondary N) is 1. The third-order valence-electron chi connectivity index (χ3n) is 3.67. The van der Waals surface area contributed by atoms with Crippen molar-refractivity contribution >= 4 is 38.3 Å². The number of halogens is 1. The van der Waals surface area contributed by atoms with Crippen LogP contribution in [0.2, 0.25) is 0 Å². The van der Waals surface area contributed by atoms with E-state index >= 15 is 0 Å². The van der Waals surface area contributed by atoms with E-state index < -0.39 is 6.10 Å². The van der Waals surface area contributed by atoms with Crippen LogP contribution in [0.25, 0.3) is 11.3 Å². The van der Waals surface area contributed by atoms with Gasteiger partial charge in [-0.15, -0.1) is 11.3 Å². The van der Waals surface area contributed by atoms with Gasteiger partial charge in [-0.2, -0.15) is 0 Å². The Labute approximate surface area is 170 Å².